The van der Waals surface area contributed by atoms with Crippen molar-refractivity contribution in [3.63, 3.8) is 0 Å². The normalized spacial score (nSPS) is 11.0. The van der Waals surface area contributed by atoms with Crippen LogP contribution in [0, 0.1) is 0 Å². The summed E-state index contributed by atoms with van der Waals surface area (Å²) in [5.74, 6) is 0.631. The van der Waals surface area contributed by atoms with Crippen LogP contribution in [0.1, 0.15) is 28.8 Å². The number of esters is 1. The predicted molar refractivity (Wildman–Crippen MR) is 124 cm³/mol. The zero-order valence-corrected chi connectivity index (χ0v) is 17.7. The van der Waals surface area contributed by atoms with Crippen molar-refractivity contribution in [2.45, 2.75) is 19.4 Å². The molecule has 0 aliphatic carbocycles. The van der Waals surface area contributed by atoms with E-state index in [2.05, 4.69) is 54.6 Å². The average molecular weight is 415 g/mol. The summed E-state index contributed by atoms with van der Waals surface area (Å²) in [6.07, 6.45) is 1.84. The second kappa shape index (κ2) is 10.1. The van der Waals surface area contributed by atoms with Crippen LogP contribution >= 0.6 is 0 Å². The Labute approximate surface area is 182 Å². The number of hydrogen-bond donors (Lipinski definition) is 0. The molecule has 0 radical (unpaired) electrons. The Morgan fingerprint density at radius 1 is 0.774 bits per heavy atom. The predicted octanol–water partition coefficient (Wildman–Crippen LogP) is 6.16. The first kappa shape index (κ1) is 20.9. The van der Waals surface area contributed by atoms with E-state index < -0.39 is 0 Å². The van der Waals surface area contributed by atoms with Crippen LogP contribution in [0.5, 0.6) is 5.75 Å². The lowest BCUT2D eigenvalue weighted by atomic mass is 10.0. The zero-order chi connectivity index (χ0) is 21.5. The minimum absolute atomic E-state index is 0.327. The molecule has 4 aromatic rings. The highest BCUT2D eigenvalue weighted by atomic mass is 16.5. The van der Waals surface area contributed by atoms with Crippen molar-refractivity contribution < 1.29 is 19.0 Å². The Morgan fingerprint density at radius 2 is 1.39 bits per heavy atom. The minimum Gasteiger partial charge on any atom is -0.492 e. The summed E-state index contributed by atoms with van der Waals surface area (Å²) in [5, 5.41) is 4.68. The molecule has 158 valence electrons. The van der Waals surface area contributed by atoms with Crippen LogP contribution in [-0.2, 0) is 16.1 Å². The Hall–Kier alpha value is -3.37. The van der Waals surface area contributed by atoms with E-state index in [9.17, 15) is 4.79 Å². The van der Waals surface area contributed by atoms with Gasteiger partial charge in [0.1, 0.15) is 5.75 Å². The Kier molecular flexibility index (Phi) is 6.80. The SMILES string of the molecule is COC(=O)c1ccc(COCCCCOc2c3ccccc3cc3ccccc23)cc1. The largest absolute Gasteiger partial charge is 0.492 e. The van der Waals surface area contributed by atoms with E-state index in [1.807, 2.05) is 12.1 Å². The van der Waals surface area contributed by atoms with Gasteiger partial charge >= 0.3 is 5.97 Å². The van der Waals surface area contributed by atoms with Crippen LogP contribution in [0.4, 0.5) is 0 Å². The third-order valence-electron chi connectivity index (χ3n) is 5.30. The topological polar surface area (TPSA) is 44.8 Å². The summed E-state index contributed by atoms with van der Waals surface area (Å²) in [7, 11) is 1.38. The molecule has 0 spiro atoms. The molecule has 0 fully saturated rings. The summed E-state index contributed by atoms with van der Waals surface area (Å²) in [4.78, 5) is 11.5. The lowest BCUT2D eigenvalue weighted by molar-refractivity contribution is 0.0600. The van der Waals surface area contributed by atoms with E-state index in [1.54, 1.807) is 12.1 Å². The molecule has 0 heterocycles. The first-order valence-corrected chi connectivity index (χ1v) is 10.5. The molecule has 0 bridgehead atoms. The van der Waals surface area contributed by atoms with Crippen molar-refractivity contribution in [3.05, 3.63) is 90.0 Å². The lowest BCUT2D eigenvalue weighted by Gasteiger charge is -2.13. The number of benzene rings is 4. The van der Waals surface area contributed by atoms with Gasteiger partial charge in [0, 0.05) is 17.4 Å². The maximum absolute atomic E-state index is 11.5. The fourth-order valence-electron chi connectivity index (χ4n) is 3.65. The third-order valence-corrected chi connectivity index (χ3v) is 5.30. The fourth-order valence-corrected chi connectivity index (χ4v) is 3.65. The van der Waals surface area contributed by atoms with E-state index in [1.165, 1.54) is 17.9 Å². The van der Waals surface area contributed by atoms with Gasteiger partial charge in [-0.25, -0.2) is 4.79 Å². The number of methoxy groups -OCH3 is 1. The fraction of sp³-hybridized carbons (Fsp3) is 0.222. The molecule has 4 heteroatoms. The van der Waals surface area contributed by atoms with Crippen LogP contribution in [0.15, 0.2) is 78.9 Å². The quantitative estimate of drug-likeness (QED) is 0.187. The standard InChI is InChI=1S/C27H26O4/c1-29-27(28)21-14-12-20(13-15-21)19-30-16-6-7-17-31-26-24-10-4-2-8-22(24)18-23-9-3-5-11-25(23)26/h2-5,8-15,18H,6-7,16-17,19H2,1H3. The molecule has 0 aromatic heterocycles. The molecule has 0 aliphatic heterocycles. The van der Waals surface area contributed by atoms with Crippen molar-refractivity contribution in [2.75, 3.05) is 20.3 Å². The number of fused-ring (bicyclic) bond motifs is 2. The molecule has 0 saturated carbocycles. The molecule has 0 N–H and O–H groups in total. The molecule has 31 heavy (non-hydrogen) atoms. The highest BCUT2D eigenvalue weighted by Crippen LogP contribution is 2.34. The van der Waals surface area contributed by atoms with Crippen molar-refractivity contribution in [2.24, 2.45) is 0 Å². The lowest BCUT2D eigenvalue weighted by Crippen LogP contribution is -2.03. The third kappa shape index (κ3) is 5.04. The van der Waals surface area contributed by atoms with Crippen LogP contribution in [-0.4, -0.2) is 26.3 Å². The van der Waals surface area contributed by atoms with Crippen molar-refractivity contribution in [1.82, 2.24) is 0 Å². The smallest absolute Gasteiger partial charge is 0.337 e. The van der Waals surface area contributed by atoms with E-state index in [4.69, 9.17) is 14.2 Å². The summed E-state index contributed by atoms with van der Waals surface area (Å²) in [6, 6.07) is 26.2. The molecule has 4 aromatic carbocycles. The molecule has 4 rings (SSSR count). The summed E-state index contributed by atoms with van der Waals surface area (Å²) in [6.45, 7) is 1.84. The van der Waals surface area contributed by atoms with Gasteiger partial charge in [0.2, 0.25) is 0 Å². The minimum atomic E-state index is -0.327. The zero-order valence-electron chi connectivity index (χ0n) is 17.7. The van der Waals surface area contributed by atoms with Gasteiger partial charge in [0.25, 0.3) is 0 Å². The molecule has 0 aliphatic rings. The number of unbranched alkanes of at least 4 members (excludes halogenated alkanes) is 1. The second-order valence-electron chi connectivity index (χ2n) is 7.44. The number of hydrogen-bond acceptors (Lipinski definition) is 4. The number of rotatable bonds is 9. The van der Waals surface area contributed by atoms with E-state index in [0.29, 0.717) is 25.4 Å². The van der Waals surface area contributed by atoms with Crippen molar-refractivity contribution >= 4 is 27.5 Å². The Bertz CT molecular complexity index is 1110. The first-order valence-electron chi connectivity index (χ1n) is 10.5. The van der Waals surface area contributed by atoms with Gasteiger partial charge in [-0.05, 0) is 47.4 Å². The molecule has 0 unspecified atom stereocenters. The van der Waals surface area contributed by atoms with Gasteiger partial charge in [0.15, 0.2) is 0 Å². The van der Waals surface area contributed by atoms with Gasteiger partial charge in [-0.2, -0.15) is 0 Å². The molecule has 0 saturated heterocycles. The van der Waals surface area contributed by atoms with Crippen molar-refractivity contribution in [1.29, 1.82) is 0 Å². The Morgan fingerprint density at radius 3 is 2.03 bits per heavy atom. The average Bonchev–Trinajstić information content (AvgIpc) is 2.82. The number of ether oxygens (including phenoxy) is 3. The van der Waals surface area contributed by atoms with Crippen molar-refractivity contribution in [3.8, 4) is 5.75 Å². The van der Waals surface area contributed by atoms with Crippen LogP contribution in [0.3, 0.4) is 0 Å². The van der Waals surface area contributed by atoms with Gasteiger partial charge < -0.3 is 14.2 Å². The number of carbonyl (C=O) groups excluding carboxylic acids is 1. The monoisotopic (exact) mass is 414 g/mol. The first-order chi connectivity index (χ1) is 15.3. The summed E-state index contributed by atoms with van der Waals surface area (Å²) in [5.41, 5.74) is 1.58. The van der Waals surface area contributed by atoms with E-state index in [0.717, 1.165) is 34.9 Å². The molecular weight excluding hydrogens is 388 g/mol. The highest BCUT2D eigenvalue weighted by molar-refractivity contribution is 6.05. The summed E-state index contributed by atoms with van der Waals surface area (Å²) >= 11 is 0. The molecule has 0 atom stereocenters. The number of carbonyl (C=O) groups is 1. The highest BCUT2D eigenvalue weighted by Gasteiger charge is 2.08. The maximum atomic E-state index is 11.5. The van der Waals surface area contributed by atoms with E-state index in [-0.39, 0.29) is 5.97 Å². The second-order valence-corrected chi connectivity index (χ2v) is 7.44. The maximum Gasteiger partial charge on any atom is 0.337 e. The van der Waals surface area contributed by atoms with Gasteiger partial charge in [0.05, 0.1) is 25.9 Å². The van der Waals surface area contributed by atoms with Crippen LogP contribution < -0.4 is 4.74 Å². The summed E-state index contributed by atoms with van der Waals surface area (Å²) < 4.78 is 16.7. The van der Waals surface area contributed by atoms with E-state index >= 15 is 0 Å². The van der Waals surface area contributed by atoms with Crippen LogP contribution in [0.25, 0.3) is 21.5 Å². The Balaban J connectivity index is 1.27. The molecule has 4 nitrogen and oxygen atoms in total. The van der Waals surface area contributed by atoms with Gasteiger partial charge in [-0.1, -0.05) is 60.7 Å². The van der Waals surface area contributed by atoms with Gasteiger partial charge in [-0.3, -0.25) is 0 Å². The molecule has 0 amide bonds. The van der Waals surface area contributed by atoms with Crippen LogP contribution in [0.2, 0.25) is 0 Å². The van der Waals surface area contributed by atoms with Gasteiger partial charge in [-0.15, -0.1) is 0 Å². The molecular formula is C27H26O4.